The molecule has 4 atom stereocenters. The Balaban J connectivity index is 1.81. The highest BCUT2D eigenvalue weighted by Crippen LogP contribution is 2.30. The second-order valence-corrected chi connectivity index (χ2v) is 6.60. The van der Waals surface area contributed by atoms with Gasteiger partial charge in [0.25, 0.3) is 0 Å². The van der Waals surface area contributed by atoms with Crippen LogP contribution in [0.5, 0.6) is 0 Å². The van der Waals surface area contributed by atoms with Crippen molar-refractivity contribution < 1.29 is 0 Å². The lowest BCUT2D eigenvalue weighted by Gasteiger charge is -2.37. The number of hydrogen-bond acceptors (Lipinski definition) is 2. The number of rotatable bonds is 3. The molecule has 0 bridgehead atoms. The second-order valence-electron chi connectivity index (χ2n) is 6.60. The maximum atomic E-state index is 4.00. The Bertz CT molecular complexity index is 241. The zero-order valence-corrected chi connectivity index (χ0v) is 12.6. The maximum absolute atomic E-state index is 4.00. The van der Waals surface area contributed by atoms with E-state index in [1.165, 1.54) is 58.2 Å². The Kier molecular flexibility index (Phi) is 5.50. The van der Waals surface area contributed by atoms with Crippen molar-refractivity contribution in [1.29, 1.82) is 0 Å². The molecule has 0 aromatic carbocycles. The molecule has 0 radical (unpaired) electrons. The van der Waals surface area contributed by atoms with Gasteiger partial charge in [0.1, 0.15) is 0 Å². The molecular weight excluding hydrogens is 220 g/mol. The lowest BCUT2D eigenvalue weighted by molar-refractivity contribution is 0.188. The molecule has 2 fully saturated rings. The van der Waals surface area contributed by atoms with Gasteiger partial charge in [0, 0.05) is 12.1 Å². The van der Waals surface area contributed by atoms with Crippen LogP contribution in [0.25, 0.3) is 0 Å². The minimum absolute atomic E-state index is 0.777. The van der Waals surface area contributed by atoms with Crippen molar-refractivity contribution in [3.63, 3.8) is 0 Å². The quantitative estimate of drug-likeness (QED) is 0.829. The molecule has 1 N–H and O–H groups in total. The Morgan fingerprint density at radius 1 is 1.00 bits per heavy atom. The predicted molar refractivity (Wildman–Crippen MR) is 78.9 cm³/mol. The summed E-state index contributed by atoms with van der Waals surface area (Å²) in [6, 6.07) is 1.56. The van der Waals surface area contributed by atoms with E-state index >= 15 is 0 Å². The minimum atomic E-state index is 0.777. The number of hydrogen-bond donors (Lipinski definition) is 1. The lowest BCUT2D eigenvalue weighted by atomic mass is 9.77. The van der Waals surface area contributed by atoms with Gasteiger partial charge in [-0.15, -0.1) is 0 Å². The molecule has 106 valence electrons. The Labute approximate surface area is 114 Å². The van der Waals surface area contributed by atoms with Crippen LogP contribution >= 0.6 is 0 Å². The van der Waals surface area contributed by atoms with Gasteiger partial charge in [0.2, 0.25) is 0 Å². The summed E-state index contributed by atoms with van der Waals surface area (Å²) in [5, 5.41) is 4.00. The smallest absolute Gasteiger partial charge is 0.00978 e. The molecule has 0 amide bonds. The molecular formula is C16H32N2. The van der Waals surface area contributed by atoms with Gasteiger partial charge < -0.3 is 10.2 Å². The Morgan fingerprint density at radius 3 is 2.61 bits per heavy atom. The van der Waals surface area contributed by atoms with Crippen LogP contribution in [0, 0.1) is 11.8 Å². The third kappa shape index (κ3) is 3.71. The van der Waals surface area contributed by atoms with Crippen LogP contribution in [0.2, 0.25) is 0 Å². The average Bonchev–Trinajstić information content (AvgIpc) is 2.60. The molecule has 0 aromatic rings. The molecule has 1 heterocycles. The van der Waals surface area contributed by atoms with Crippen molar-refractivity contribution in [3.05, 3.63) is 0 Å². The highest BCUT2D eigenvalue weighted by molar-refractivity contribution is 4.86. The highest BCUT2D eigenvalue weighted by Gasteiger charge is 2.29. The molecule has 1 saturated heterocycles. The molecule has 2 nitrogen and oxygen atoms in total. The fourth-order valence-electron chi connectivity index (χ4n) is 3.76. The number of nitrogens with one attached hydrogen (secondary N) is 1. The summed E-state index contributed by atoms with van der Waals surface area (Å²) in [7, 11) is 0. The predicted octanol–water partition coefficient (Wildman–Crippen LogP) is 3.28. The van der Waals surface area contributed by atoms with Crippen molar-refractivity contribution in [2.75, 3.05) is 19.6 Å². The topological polar surface area (TPSA) is 15.3 Å². The summed E-state index contributed by atoms with van der Waals surface area (Å²) < 4.78 is 0. The molecule has 2 rings (SSSR count). The van der Waals surface area contributed by atoms with Gasteiger partial charge in [-0.05, 0) is 57.2 Å². The van der Waals surface area contributed by atoms with Crippen LogP contribution in [-0.4, -0.2) is 36.6 Å². The van der Waals surface area contributed by atoms with Gasteiger partial charge in [-0.1, -0.05) is 33.6 Å². The third-order valence-corrected chi connectivity index (χ3v) is 5.42. The third-order valence-electron chi connectivity index (χ3n) is 5.42. The van der Waals surface area contributed by atoms with Crippen LogP contribution < -0.4 is 5.32 Å². The normalized spacial score (nSPS) is 39.5. The molecule has 2 aliphatic rings. The van der Waals surface area contributed by atoms with E-state index in [9.17, 15) is 0 Å². The zero-order chi connectivity index (χ0) is 13.0. The van der Waals surface area contributed by atoms with Gasteiger partial charge >= 0.3 is 0 Å². The van der Waals surface area contributed by atoms with E-state index in [0.717, 1.165) is 23.9 Å². The molecule has 1 saturated carbocycles. The van der Waals surface area contributed by atoms with Crippen LogP contribution in [0.3, 0.4) is 0 Å². The standard InChI is InChI=1S/C16H32N2/c1-4-18-11-6-8-15(10-12-18)17-16-9-5-7-13(2)14(16)3/h13-17H,4-12H2,1-3H3. The molecule has 0 spiro atoms. The summed E-state index contributed by atoms with van der Waals surface area (Å²) in [5.74, 6) is 1.78. The molecule has 4 unspecified atom stereocenters. The summed E-state index contributed by atoms with van der Waals surface area (Å²) in [4.78, 5) is 2.61. The molecule has 0 aromatic heterocycles. The molecule has 1 aliphatic heterocycles. The van der Waals surface area contributed by atoms with Crippen molar-refractivity contribution in [3.8, 4) is 0 Å². The lowest BCUT2D eigenvalue weighted by Crippen LogP contribution is -2.46. The maximum Gasteiger partial charge on any atom is 0.00978 e. The van der Waals surface area contributed by atoms with Gasteiger partial charge in [-0.2, -0.15) is 0 Å². The van der Waals surface area contributed by atoms with E-state index in [2.05, 4.69) is 31.0 Å². The Hall–Kier alpha value is -0.0800. The van der Waals surface area contributed by atoms with E-state index in [-0.39, 0.29) is 0 Å². The average molecular weight is 252 g/mol. The minimum Gasteiger partial charge on any atom is -0.311 e. The molecule has 2 heteroatoms. The van der Waals surface area contributed by atoms with E-state index in [4.69, 9.17) is 0 Å². The summed E-state index contributed by atoms with van der Waals surface area (Å²) in [5.41, 5.74) is 0. The van der Waals surface area contributed by atoms with E-state index < -0.39 is 0 Å². The van der Waals surface area contributed by atoms with Crippen LogP contribution in [0.1, 0.15) is 59.3 Å². The number of likely N-dealkylation sites (tertiary alicyclic amines) is 1. The van der Waals surface area contributed by atoms with Gasteiger partial charge in [0.15, 0.2) is 0 Å². The fraction of sp³-hybridized carbons (Fsp3) is 1.00. The summed E-state index contributed by atoms with van der Waals surface area (Å²) in [6.45, 7) is 11.0. The summed E-state index contributed by atoms with van der Waals surface area (Å²) >= 11 is 0. The molecule has 1 aliphatic carbocycles. The van der Waals surface area contributed by atoms with Crippen molar-refractivity contribution in [2.24, 2.45) is 11.8 Å². The molecule has 18 heavy (non-hydrogen) atoms. The van der Waals surface area contributed by atoms with Gasteiger partial charge in [-0.25, -0.2) is 0 Å². The monoisotopic (exact) mass is 252 g/mol. The summed E-state index contributed by atoms with van der Waals surface area (Å²) in [6.07, 6.45) is 8.38. The van der Waals surface area contributed by atoms with Gasteiger partial charge in [-0.3, -0.25) is 0 Å². The van der Waals surface area contributed by atoms with Crippen molar-refractivity contribution in [1.82, 2.24) is 10.2 Å². The van der Waals surface area contributed by atoms with Crippen molar-refractivity contribution >= 4 is 0 Å². The largest absolute Gasteiger partial charge is 0.311 e. The van der Waals surface area contributed by atoms with E-state index in [1.54, 1.807) is 0 Å². The first kappa shape index (κ1) is 14.3. The first-order valence-electron chi connectivity index (χ1n) is 8.19. The van der Waals surface area contributed by atoms with Gasteiger partial charge in [0.05, 0.1) is 0 Å². The zero-order valence-electron chi connectivity index (χ0n) is 12.6. The van der Waals surface area contributed by atoms with Crippen LogP contribution in [0.4, 0.5) is 0 Å². The first-order valence-corrected chi connectivity index (χ1v) is 8.19. The Morgan fingerprint density at radius 2 is 1.83 bits per heavy atom. The number of nitrogens with zero attached hydrogens (tertiary/aromatic N) is 1. The fourth-order valence-corrected chi connectivity index (χ4v) is 3.76. The van der Waals surface area contributed by atoms with Crippen LogP contribution in [0.15, 0.2) is 0 Å². The highest BCUT2D eigenvalue weighted by atomic mass is 15.1. The first-order chi connectivity index (χ1) is 8.70. The van der Waals surface area contributed by atoms with E-state index in [0.29, 0.717) is 0 Å². The van der Waals surface area contributed by atoms with Crippen molar-refractivity contribution in [2.45, 2.75) is 71.4 Å². The van der Waals surface area contributed by atoms with Crippen LogP contribution in [-0.2, 0) is 0 Å². The SMILES string of the molecule is CCN1CCCC(NC2CCCC(C)C2C)CC1. The van der Waals surface area contributed by atoms with E-state index in [1.807, 2.05) is 0 Å². The second kappa shape index (κ2) is 6.91.